The van der Waals surface area contributed by atoms with Gasteiger partial charge in [-0.05, 0) is 18.4 Å². The number of ether oxygens (including phenoxy) is 1. The van der Waals surface area contributed by atoms with Crippen LogP contribution < -0.4 is 5.32 Å². The summed E-state index contributed by atoms with van der Waals surface area (Å²) in [5, 5.41) is 2.76. The fourth-order valence-electron chi connectivity index (χ4n) is 2.02. The first-order valence-corrected chi connectivity index (χ1v) is 7.71. The van der Waals surface area contributed by atoms with E-state index in [2.05, 4.69) is 5.32 Å². The number of amides is 1. The van der Waals surface area contributed by atoms with E-state index < -0.39 is 0 Å². The fraction of sp³-hybridized carbons (Fsp3) is 0.529. The van der Waals surface area contributed by atoms with Crippen LogP contribution in [0.3, 0.4) is 0 Å². The maximum atomic E-state index is 11.5. The summed E-state index contributed by atoms with van der Waals surface area (Å²) in [5.74, 6) is 0. The molecule has 0 aliphatic heterocycles. The molecule has 1 aromatic rings. The van der Waals surface area contributed by atoms with E-state index in [9.17, 15) is 9.59 Å². The van der Waals surface area contributed by atoms with Crippen molar-refractivity contribution in [1.82, 2.24) is 5.32 Å². The Kier molecular flexibility index (Phi) is 9.79. The van der Waals surface area contributed by atoms with Gasteiger partial charge in [0.05, 0.1) is 0 Å². The highest BCUT2D eigenvalue weighted by Gasteiger charge is 2.01. The molecule has 0 saturated carbocycles. The van der Waals surface area contributed by atoms with E-state index in [-0.39, 0.29) is 6.09 Å². The lowest BCUT2D eigenvalue weighted by Gasteiger charge is -2.07. The van der Waals surface area contributed by atoms with Crippen LogP contribution in [0.1, 0.15) is 50.5 Å². The van der Waals surface area contributed by atoms with Crippen LogP contribution in [-0.4, -0.2) is 18.9 Å². The van der Waals surface area contributed by atoms with Gasteiger partial charge in [-0.2, -0.15) is 0 Å². The molecule has 4 nitrogen and oxygen atoms in total. The Hall–Kier alpha value is -1.84. The predicted molar refractivity (Wildman–Crippen MR) is 83.0 cm³/mol. The number of nitrogens with one attached hydrogen (secondary N) is 1. The Morgan fingerprint density at radius 1 is 1.00 bits per heavy atom. The number of aldehydes is 1. The maximum absolute atomic E-state index is 11.5. The predicted octanol–water partition coefficient (Wildman–Crippen LogP) is 3.84. The summed E-state index contributed by atoms with van der Waals surface area (Å²) >= 11 is 0. The van der Waals surface area contributed by atoms with Crippen LogP contribution in [-0.2, 0) is 16.1 Å². The molecule has 0 bridgehead atoms. The van der Waals surface area contributed by atoms with E-state index in [1.165, 1.54) is 0 Å². The van der Waals surface area contributed by atoms with Crippen LogP contribution in [0.4, 0.5) is 4.79 Å². The third kappa shape index (κ3) is 9.66. The molecule has 1 N–H and O–H groups in total. The highest BCUT2D eigenvalue weighted by Crippen LogP contribution is 2.06. The molecule has 0 spiro atoms. The summed E-state index contributed by atoms with van der Waals surface area (Å²) in [6.45, 7) is 0.964. The lowest BCUT2D eigenvalue weighted by atomic mass is 10.1. The van der Waals surface area contributed by atoms with Gasteiger partial charge in [0.2, 0.25) is 0 Å². The van der Waals surface area contributed by atoms with Crippen molar-refractivity contribution >= 4 is 12.4 Å². The molecule has 0 aromatic heterocycles. The number of benzene rings is 1. The van der Waals surface area contributed by atoms with Crippen LogP contribution in [0.2, 0.25) is 0 Å². The zero-order valence-electron chi connectivity index (χ0n) is 12.6. The number of unbranched alkanes of at least 4 members (excludes halogenated alkanes) is 6. The second kappa shape index (κ2) is 11.9. The van der Waals surface area contributed by atoms with Crippen molar-refractivity contribution in [3.05, 3.63) is 35.9 Å². The largest absolute Gasteiger partial charge is 0.445 e. The zero-order chi connectivity index (χ0) is 15.2. The molecule has 0 fully saturated rings. The van der Waals surface area contributed by atoms with Crippen LogP contribution in [0.25, 0.3) is 0 Å². The van der Waals surface area contributed by atoms with E-state index in [1.54, 1.807) is 0 Å². The van der Waals surface area contributed by atoms with E-state index in [1.807, 2.05) is 30.3 Å². The van der Waals surface area contributed by atoms with Gasteiger partial charge in [-0.3, -0.25) is 0 Å². The molecule has 0 heterocycles. The van der Waals surface area contributed by atoms with E-state index in [0.29, 0.717) is 19.6 Å². The molecule has 21 heavy (non-hydrogen) atoms. The van der Waals surface area contributed by atoms with E-state index >= 15 is 0 Å². The van der Waals surface area contributed by atoms with Crippen LogP contribution >= 0.6 is 0 Å². The van der Waals surface area contributed by atoms with Crippen molar-refractivity contribution in [2.24, 2.45) is 0 Å². The Bertz CT molecular complexity index is 392. The molecule has 116 valence electrons. The van der Waals surface area contributed by atoms with Crippen molar-refractivity contribution in [2.75, 3.05) is 6.54 Å². The first-order chi connectivity index (χ1) is 10.3. The summed E-state index contributed by atoms with van der Waals surface area (Å²) in [6, 6.07) is 9.63. The lowest BCUT2D eigenvalue weighted by molar-refractivity contribution is -0.107. The summed E-state index contributed by atoms with van der Waals surface area (Å²) < 4.78 is 5.12. The van der Waals surface area contributed by atoms with Gasteiger partial charge in [-0.25, -0.2) is 4.79 Å². The van der Waals surface area contributed by atoms with Gasteiger partial charge in [0, 0.05) is 13.0 Å². The molecular formula is C17H25NO3. The molecule has 0 radical (unpaired) electrons. The highest BCUT2D eigenvalue weighted by atomic mass is 16.5. The number of carbonyl (C=O) groups excluding carboxylic acids is 2. The SMILES string of the molecule is O=CCCCCCCCCNC(=O)OCc1ccccc1. The molecule has 1 amide bonds. The van der Waals surface area contributed by atoms with Crippen molar-refractivity contribution in [3.8, 4) is 0 Å². The van der Waals surface area contributed by atoms with Crippen LogP contribution in [0.15, 0.2) is 30.3 Å². The van der Waals surface area contributed by atoms with Gasteiger partial charge < -0.3 is 14.8 Å². The summed E-state index contributed by atoms with van der Waals surface area (Å²) in [5.41, 5.74) is 0.989. The summed E-state index contributed by atoms with van der Waals surface area (Å²) in [4.78, 5) is 21.6. The molecule has 4 heteroatoms. The number of rotatable bonds is 11. The molecule has 0 aliphatic rings. The number of carbonyl (C=O) groups is 2. The minimum Gasteiger partial charge on any atom is -0.445 e. The van der Waals surface area contributed by atoms with Crippen molar-refractivity contribution in [1.29, 1.82) is 0 Å². The second-order valence-corrected chi connectivity index (χ2v) is 5.07. The van der Waals surface area contributed by atoms with Crippen LogP contribution in [0, 0.1) is 0 Å². The van der Waals surface area contributed by atoms with Crippen molar-refractivity contribution in [3.63, 3.8) is 0 Å². The molecule has 0 atom stereocenters. The van der Waals surface area contributed by atoms with Gasteiger partial charge in [0.25, 0.3) is 0 Å². The quantitative estimate of drug-likeness (QED) is 0.498. The topological polar surface area (TPSA) is 55.4 Å². The molecule has 0 unspecified atom stereocenters. The fourth-order valence-corrected chi connectivity index (χ4v) is 2.02. The average Bonchev–Trinajstić information content (AvgIpc) is 2.52. The molecule has 0 saturated heterocycles. The molecule has 0 aliphatic carbocycles. The first kappa shape index (κ1) is 17.2. The molecule has 1 aromatic carbocycles. The number of hydrogen-bond acceptors (Lipinski definition) is 3. The highest BCUT2D eigenvalue weighted by molar-refractivity contribution is 5.67. The van der Waals surface area contributed by atoms with Gasteiger partial charge in [0.15, 0.2) is 0 Å². The summed E-state index contributed by atoms with van der Waals surface area (Å²) in [7, 11) is 0. The van der Waals surface area contributed by atoms with Crippen LogP contribution in [0.5, 0.6) is 0 Å². The van der Waals surface area contributed by atoms with Crippen molar-refractivity contribution in [2.45, 2.75) is 51.6 Å². The minimum atomic E-state index is -0.357. The monoisotopic (exact) mass is 291 g/mol. The Morgan fingerprint density at radius 3 is 2.38 bits per heavy atom. The van der Waals surface area contributed by atoms with Gasteiger partial charge in [-0.1, -0.05) is 56.0 Å². The maximum Gasteiger partial charge on any atom is 0.407 e. The molecular weight excluding hydrogens is 266 g/mol. The first-order valence-electron chi connectivity index (χ1n) is 7.71. The molecule has 1 rings (SSSR count). The van der Waals surface area contributed by atoms with E-state index in [4.69, 9.17) is 4.74 Å². The van der Waals surface area contributed by atoms with Gasteiger partial charge in [-0.15, -0.1) is 0 Å². The Balaban J connectivity index is 1.90. The number of alkyl carbamates (subject to hydrolysis) is 1. The Labute approximate surface area is 126 Å². The normalized spacial score (nSPS) is 10.1. The summed E-state index contributed by atoms with van der Waals surface area (Å²) in [6.07, 6.45) is 7.78. The number of hydrogen-bond donors (Lipinski definition) is 1. The third-order valence-electron chi connectivity index (χ3n) is 3.23. The third-order valence-corrected chi connectivity index (χ3v) is 3.23. The van der Waals surface area contributed by atoms with E-state index in [0.717, 1.165) is 50.4 Å². The standard InChI is InChI=1S/C17H25NO3/c19-14-10-5-3-1-2-4-9-13-18-17(20)21-15-16-11-7-6-8-12-16/h6-8,11-12,14H,1-5,9-10,13,15H2,(H,18,20). The van der Waals surface area contributed by atoms with Gasteiger partial charge in [0.1, 0.15) is 12.9 Å². The Morgan fingerprint density at radius 2 is 1.67 bits per heavy atom. The van der Waals surface area contributed by atoms with Crippen molar-refractivity contribution < 1.29 is 14.3 Å². The lowest BCUT2D eigenvalue weighted by Crippen LogP contribution is -2.25. The zero-order valence-corrected chi connectivity index (χ0v) is 12.6. The van der Waals surface area contributed by atoms with Gasteiger partial charge >= 0.3 is 6.09 Å². The second-order valence-electron chi connectivity index (χ2n) is 5.07. The average molecular weight is 291 g/mol. The smallest absolute Gasteiger partial charge is 0.407 e. The minimum absolute atomic E-state index is 0.309.